The number of hydrogen-bond donors (Lipinski definition) is 1. The number of carbonyl (C=O) groups is 2. The number of aromatic nitrogens is 1. The van der Waals surface area contributed by atoms with Crippen LogP contribution < -0.4 is 15.0 Å². The lowest BCUT2D eigenvalue weighted by Crippen LogP contribution is -2.44. The first-order valence-corrected chi connectivity index (χ1v) is 7.81. The van der Waals surface area contributed by atoms with Gasteiger partial charge in [0, 0.05) is 11.8 Å². The summed E-state index contributed by atoms with van der Waals surface area (Å²) in [5, 5.41) is 13.7. The summed E-state index contributed by atoms with van der Waals surface area (Å²) in [7, 11) is 0. The van der Waals surface area contributed by atoms with Crippen LogP contribution in [-0.2, 0) is 9.59 Å². The molecule has 9 heteroatoms. The molecule has 2 amide bonds. The Kier molecular flexibility index (Phi) is 4.53. The third-order valence-electron chi connectivity index (χ3n) is 3.88. The summed E-state index contributed by atoms with van der Waals surface area (Å²) in [5.41, 5.74) is 2.59. The van der Waals surface area contributed by atoms with Crippen molar-refractivity contribution in [1.82, 2.24) is 4.98 Å². The van der Waals surface area contributed by atoms with Crippen LogP contribution in [0.2, 0.25) is 0 Å². The molecule has 0 saturated heterocycles. The van der Waals surface area contributed by atoms with Crippen molar-refractivity contribution in [2.75, 3.05) is 23.4 Å². The number of rotatable bonds is 4. The monoisotopic (exact) mass is 356 g/mol. The Hall–Kier alpha value is -3.49. The van der Waals surface area contributed by atoms with Crippen molar-refractivity contribution in [2.24, 2.45) is 0 Å². The molecule has 0 aliphatic carbocycles. The minimum absolute atomic E-state index is 0.0359. The molecule has 1 aromatic carbocycles. The Balaban J connectivity index is 1.83. The standard InChI is InChI=1S/C17H16N4O5/c1-10-3-4-12(11(2)7-10)18-15(22)8-20-16(23)9-26-13-5-6-14(21(24)25)19-17(13)20/h3-7H,8-9H2,1-2H3,(H,18,22). The molecule has 1 N–H and O–H groups in total. The van der Waals surface area contributed by atoms with E-state index >= 15 is 0 Å². The lowest BCUT2D eigenvalue weighted by molar-refractivity contribution is -0.389. The van der Waals surface area contributed by atoms with Gasteiger partial charge in [-0.2, -0.15) is 0 Å². The smallest absolute Gasteiger partial charge is 0.366 e. The van der Waals surface area contributed by atoms with Gasteiger partial charge in [0.2, 0.25) is 5.91 Å². The number of hydrogen-bond acceptors (Lipinski definition) is 6. The van der Waals surface area contributed by atoms with E-state index < -0.39 is 22.6 Å². The van der Waals surface area contributed by atoms with E-state index in [1.54, 1.807) is 6.07 Å². The lowest BCUT2D eigenvalue weighted by atomic mass is 10.1. The van der Waals surface area contributed by atoms with E-state index in [0.717, 1.165) is 16.0 Å². The second kappa shape index (κ2) is 6.79. The number of fused-ring (bicyclic) bond motifs is 1. The maximum Gasteiger partial charge on any atom is 0.366 e. The number of aryl methyl sites for hydroxylation is 2. The van der Waals surface area contributed by atoms with E-state index in [2.05, 4.69) is 10.3 Å². The quantitative estimate of drug-likeness (QED) is 0.661. The van der Waals surface area contributed by atoms with Gasteiger partial charge in [0.1, 0.15) is 6.54 Å². The van der Waals surface area contributed by atoms with Gasteiger partial charge in [0.05, 0.1) is 0 Å². The van der Waals surface area contributed by atoms with Crippen molar-refractivity contribution in [3.63, 3.8) is 0 Å². The molecular formula is C17H16N4O5. The van der Waals surface area contributed by atoms with Crippen LogP contribution in [0.15, 0.2) is 30.3 Å². The van der Waals surface area contributed by atoms with Crippen LogP contribution in [0, 0.1) is 24.0 Å². The number of nitrogens with zero attached hydrogens (tertiary/aromatic N) is 3. The van der Waals surface area contributed by atoms with Crippen LogP contribution in [0.5, 0.6) is 5.75 Å². The molecule has 0 spiro atoms. The van der Waals surface area contributed by atoms with Crippen LogP contribution in [0.25, 0.3) is 0 Å². The predicted octanol–water partition coefficient (Wildman–Crippen LogP) is 1.97. The van der Waals surface area contributed by atoms with Crippen molar-refractivity contribution < 1.29 is 19.2 Å². The molecule has 0 unspecified atom stereocenters. The maximum absolute atomic E-state index is 12.4. The molecule has 1 aliphatic rings. The Morgan fingerprint density at radius 3 is 2.81 bits per heavy atom. The molecule has 1 aromatic heterocycles. The van der Waals surface area contributed by atoms with Crippen LogP contribution in [0.4, 0.5) is 17.3 Å². The van der Waals surface area contributed by atoms with Crippen LogP contribution in [-0.4, -0.2) is 34.9 Å². The molecule has 0 bridgehead atoms. The van der Waals surface area contributed by atoms with E-state index in [1.165, 1.54) is 12.1 Å². The van der Waals surface area contributed by atoms with Crippen LogP contribution >= 0.6 is 0 Å². The van der Waals surface area contributed by atoms with Gasteiger partial charge in [-0.25, -0.2) is 0 Å². The number of benzene rings is 1. The Bertz CT molecular complexity index is 912. The summed E-state index contributed by atoms with van der Waals surface area (Å²) in [6.45, 7) is 3.23. The molecule has 0 saturated carbocycles. The fraction of sp³-hybridized carbons (Fsp3) is 0.235. The normalized spacial score (nSPS) is 13.0. The molecule has 0 fully saturated rings. The highest BCUT2D eigenvalue weighted by Crippen LogP contribution is 2.31. The second-order valence-corrected chi connectivity index (χ2v) is 5.88. The fourth-order valence-corrected chi connectivity index (χ4v) is 2.62. The molecule has 26 heavy (non-hydrogen) atoms. The molecule has 0 atom stereocenters. The van der Waals surface area contributed by atoms with Gasteiger partial charge in [-0.05, 0) is 41.5 Å². The first kappa shape index (κ1) is 17.3. The Morgan fingerprint density at radius 2 is 2.12 bits per heavy atom. The topological polar surface area (TPSA) is 115 Å². The fourth-order valence-electron chi connectivity index (χ4n) is 2.62. The van der Waals surface area contributed by atoms with Crippen molar-refractivity contribution in [3.05, 3.63) is 51.6 Å². The minimum atomic E-state index is -0.673. The van der Waals surface area contributed by atoms with Crippen molar-refractivity contribution in [2.45, 2.75) is 13.8 Å². The summed E-state index contributed by atoms with van der Waals surface area (Å²) in [5.74, 6) is -1.18. The maximum atomic E-state index is 12.4. The number of nitrogens with one attached hydrogen (secondary N) is 1. The lowest BCUT2D eigenvalue weighted by Gasteiger charge is -2.24. The van der Waals surface area contributed by atoms with E-state index in [0.29, 0.717) is 5.69 Å². The molecule has 3 rings (SSSR count). The Labute approximate surface area is 148 Å². The van der Waals surface area contributed by atoms with Gasteiger partial charge in [0.25, 0.3) is 11.7 Å². The number of anilines is 2. The van der Waals surface area contributed by atoms with Gasteiger partial charge in [-0.1, -0.05) is 17.7 Å². The van der Waals surface area contributed by atoms with Crippen molar-refractivity contribution >= 4 is 29.1 Å². The number of carbonyl (C=O) groups excluding carboxylic acids is 2. The Morgan fingerprint density at radius 1 is 1.35 bits per heavy atom. The van der Waals surface area contributed by atoms with Gasteiger partial charge < -0.3 is 20.2 Å². The molecule has 134 valence electrons. The molecule has 0 radical (unpaired) electrons. The summed E-state index contributed by atoms with van der Waals surface area (Å²) >= 11 is 0. The van der Waals surface area contributed by atoms with Crippen molar-refractivity contribution in [3.8, 4) is 5.75 Å². The average Bonchev–Trinajstić information content (AvgIpc) is 2.59. The number of ether oxygens (including phenoxy) is 1. The molecule has 1 aliphatic heterocycles. The minimum Gasteiger partial charge on any atom is -0.477 e. The first-order chi connectivity index (χ1) is 12.3. The number of amides is 2. The third kappa shape index (κ3) is 3.46. The highest BCUT2D eigenvalue weighted by atomic mass is 16.6. The van der Waals surface area contributed by atoms with E-state index in [4.69, 9.17) is 4.74 Å². The predicted molar refractivity (Wildman–Crippen MR) is 93.3 cm³/mol. The largest absolute Gasteiger partial charge is 0.477 e. The zero-order chi connectivity index (χ0) is 18.8. The molecule has 2 heterocycles. The average molecular weight is 356 g/mol. The molecule has 9 nitrogen and oxygen atoms in total. The highest BCUT2D eigenvalue weighted by molar-refractivity contribution is 6.04. The summed E-state index contributed by atoms with van der Waals surface area (Å²) < 4.78 is 5.22. The number of nitro groups is 1. The number of pyridine rings is 1. The van der Waals surface area contributed by atoms with Gasteiger partial charge >= 0.3 is 5.82 Å². The van der Waals surface area contributed by atoms with E-state index in [1.807, 2.05) is 26.0 Å². The first-order valence-electron chi connectivity index (χ1n) is 7.81. The highest BCUT2D eigenvalue weighted by Gasteiger charge is 2.33. The third-order valence-corrected chi connectivity index (χ3v) is 3.88. The molecular weight excluding hydrogens is 340 g/mol. The van der Waals surface area contributed by atoms with Crippen LogP contribution in [0.3, 0.4) is 0 Å². The zero-order valence-electron chi connectivity index (χ0n) is 14.2. The summed E-state index contributed by atoms with van der Waals surface area (Å²) in [4.78, 5) is 39.7. The van der Waals surface area contributed by atoms with Crippen molar-refractivity contribution in [1.29, 1.82) is 0 Å². The van der Waals surface area contributed by atoms with Gasteiger partial charge in [0.15, 0.2) is 12.4 Å². The summed E-state index contributed by atoms with van der Waals surface area (Å²) in [6.07, 6.45) is 0. The zero-order valence-corrected chi connectivity index (χ0v) is 14.2. The SMILES string of the molecule is Cc1ccc(NC(=O)CN2C(=O)COc3ccc([N+](=O)[O-])nc32)c(C)c1. The van der Waals surface area contributed by atoms with E-state index in [-0.39, 0.29) is 24.7 Å². The summed E-state index contributed by atoms with van der Waals surface area (Å²) in [6, 6.07) is 8.11. The van der Waals surface area contributed by atoms with Crippen LogP contribution in [0.1, 0.15) is 11.1 Å². The van der Waals surface area contributed by atoms with E-state index in [9.17, 15) is 19.7 Å². The van der Waals surface area contributed by atoms with Gasteiger partial charge in [-0.15, -0.1) is 0 Å². The van der Waals surface area contributed by atoms with Gasteiger partial charge in [-0.3, -0.25) is 14.5 Å². The molecule has 2 aromatic rings. The second-order valence-electron chi connectivity index (χ2n) is 5.88.